The van der Waals surface area contributed by atoms with Gasteiger partial charge in [0.25, 0.3) is 0 Å². The highest BCUT2D eigenvalue weighted by molar-refractivity contribution is 4.82. The second-order valence-corrected chi connectivity index (χ2v) is 6.37. The number of nitrogens with one attached hydrogen (secondary N) is 2. The van der Waals surface area contributed by atoms with E-state index in [9.17, 15) is 0 Å². The van der Waals surface area contributed by atoms with Gasteiger partial charge in [-0.15, -0.1) is 0 Å². The molecule has 1 heterocycles. The summed E-state index contributed by atoms with van der Waals surface area (Å²) in [6.07, 6.45) is 9.71. The molecule has 1 saturated heterocycles. The van der Waals surface area contributed by atoms with Gasteiger partial charge in [-0.2, -0.15) is 0 Å². The molecule has 3 nitrogen and oxygen atoms in total. The lowest BCUT2D eigenvalue weighted by Gasteiger charge is -2.24. The Bertz CT molecular complexity index is 221. The van der Waals surface area contributed by atoms with E-state index in [1.54, 1.807) is 0 Å². The first-order valence-corrected chi connectivity index (χ1v) is 7.82. The quantitative estimate of drug-likeness (QED) is 0.684. The van der Waals surface area contributed by atoms with Crippen LogP contribution >= 0.6 is 0 Å². The zero-order valence-electron chi connectivity index (χ0n) is 12.0. The van der Waals surface area contributed by atoms with Crippen LogP contribution in [0.3, 0.4) is 0 Å². The summed E-state index contributed by atoms with van der Waals surface area (Å²) in [7, 11) is 0. The fraction of sp³-hybridized carbons (Fsp3) is 1.00. The summed E-state index contributed by atoms with van der Waals surface area (Å²) in [6.45, 7) is 7.91. The van der Waals surface area contributed by atoms with Crippen LogP contribution in [-0.4, -0.2) is 38.9 Å². The monoisotopic (exact) mass is 254 g/mol. The molecule has 0 atom stereocenters. The van der Waals surface area contributed by atoms with Crippen LogP contribution in [0.1, 0.15) is 51.9 Å². The molecule has 0 unspecified atom stereocenters. The Morgan fingerprint density at radius 1 is 1.22 bits per heavy atom. The smallest absolute Gasteiger partial charge is 0.0599 e. The molecule has 18 heavy (non-hydrogen) atoms. The van der Waals surface area contributed by atoms with Gasteiger partial charge in [0.05, 0.1) is 6.10 Å². The number of rotatable bonds is 7. The van der Waals surface area contributed by atoms with E-state index in [1.807, 2.05) is 0 Å². The number of ether oxygens (including phenoxy) is 1. The highest BCUT2D eigenvalue weighted by Crippen LogP contribution is 2.36. The molecule has 0 aromatic heterocycles. The van der Waals surface area contributed by atoms with E-state index in [4.69, 9.17) is 4.74 Å². The summed E-state index contributed by atoms with van der Waals surface area (Å²) in [5.41, 5.74) is 0.579. The molecule has 2 rings (SSSR count). The predicted molar refractivity (Wildman–Crippen MR) is 75.9 cm³/mol. The van der Waals surface area contributed by atoms with E-state index in [2.05, 4.69) is 17.6 Å². The normalized spacial score (nSPS) is 24.5. The fourth-order valence-corrected chi connectivity index (χ4v) is 3.20. The Labute approximate surface area is 112 Å². The van der Waals surface area contributed by atoms with Crippen LogP contribution in [0.4, 0.5) is 0 Å². The summed E-state index contributed by atoms with van der Waals surface area (Å²) in [5, 5.41) is 6.98. The summed E-state index contributed by atoms with van der Waals surface area (Å²) in [5.74, 6) is 0. The second-order valence-electron chi connectivity index (χ2n) is 6.37. The van der Waals surface area contributed by atoms with Gasteiger partial charge in [-0.3, -0.25) is 0 Å². The molecule has 2 aliphatic rings. The van der Waals surface area contributed by atoms with Gasteiger partial charge in [0.2, 0.25) is 0 Å². The van der Waals surface area contributed by atoms with Crippen LogP contribution < -0.4 is 10.6 Å². The van der Waals surface area contributed by atoms with Gasteiger partial charge < -0.3 is 15.4 Å². The minimum Gasteiger partial charge on any atom is -0.378 e. The highest BCUT2D eigenvalue weighted by Gasteiger charge is 2.27. The second kappa shape index (κ2) is 7.46. The molecule has 3 heteroatoms. The minimum atomic E-state index is 0.513. The molecule has 0 spiro atoms. The van der Waals surface area contributed by atoms with E-state index < -0.39 is 0 Å². The van der Waals surface area contributed by atoms with E-state index in [0.29, 0.717) is 11.5 Å². The van der Waals surface area contributed by atoms with Crippen molar-refractivity contribution in [2.24, 2.45) is 5.41 Å². The van der Waals surface area contributed by atoms with E-state index >= 15 is 0 Å². The standard InChI is InChI=1S/C15H30N2O/c1-15(7-2-3-8-15)13-17-9-4-12-18-14-5-10-16-11-6-14/h14,16-17H,2-13H2,1H3. The van der Waals surface area contributed by atoms with Crippen molar-refractivity contribution in [3.05, 3.63) is 0 Å². The van der Waals surface area contributed by atoms with Crippen molar-refractivity contribution in [1.82, 2.24) is 10.6 Å². The maximum Gasteiger partial charge on any atom is 0.0599 e. The van der Waals surface area contributed by atoms with Crippen molar-refractivity contribution in [3.63, 3.8) is 0 Å². The molecule has 1 aliphatic carbocycles. The van der Waals surface area contributed by atoms with Crippen LogP contribution in [0.5, 0.6) is 0 Å². The highest BCUT2D eigenvalue weighted by atomic mass is 16.5. The Morgan fingerprint density at radius 2 is 1.94 bits per heavy atom. The Morgan fingerprint density at radius 3 is 2.67 bits per heavy atom. The minimum absolute atomic E-state index is 0.513. The Hall–Kier alpha value is -0.120. The average Bonchev–Trinajstić information content (AvgIpc) is 2.82. The van der Waals surface area contributed by atoms with Crippen molar-refractivity contribution in [3.8, 4) is 0 Å². The molecule has 0 radical (unpaired) electrons. The van der Waals surface area contributed by atoms with E-state index in [-0.39, 0.29) is 0 Å². The third-order valence-corrected chi connectivity index (χ3v) is 4.50. The van der Waals surface area contributed by atoms with E-state index in [0.717, 1.165) is 32.7 Å². The van der Waals surface area contributed by atoms with Gasteiger partial charge in [-0.1, -0.05) is 19.8 Å². The topological polar surface area (TPSA) is 33.3 Å². The van der Waals surface area contributed by atoms with E-state index in [1.165, 1.54) is 45.1 Å². The van der Waals surface area contributed by atoms with Crippen molar-refractivity contribution in [2.45, 2.75) is 58.0 Å². The van der Waals surface area contributed by atoms with Crippen LogP contribution in [0, 0.1) is 5.41 Å². The third kappa shape index (κ3) is 4.87. The molecule has 0 aromatic carbocycles. The van der Waals surface area contributed by atoms with Crippen LogP contribution in [0.25, 0.3) is 0 Å². The zero-order chi connectivity index (χ0) is 12.7. The van der Waals surface area contributed by atoms with Crippen LogP contribution in [0.2, 0.25) is 0 Å². The first-order valence-electron chi connectivity index (χ1n) is 7.82. The lowest BCUT2D eigenvalue weighted by molar-refractivity contribution is 0.0315. The maximum atomic E-state index is 5.90. The summed E-state index contributed by atoms with van der Waals surface area (Å²) in [4.78, 5) is 0. The van der Waals surface area contributed by atoms with Crippen LogP contribution in [-0.2, 0) is 4.74 Å². The molecule has 106 valence electrons. The van der Waals surface area contributed by atoms with Crippen molar-refractivity contribution < 1.29 is 4.74 Å². The molecule has 0 amide bonds. The zero-order valence-corrected chi connectivity index (χ0v) is 12.0. The summed E-state index contributed by atoms with van der Waals surface area (Å²) in [6, 6.07) is 0. The number of piperidine rings is 1. The molecule has 0 aromatic rings. The van der Waals surface area contributed by atoms with Crippen LogP contribution in [0.15, 0.2) is 0 Å². The third-order valence-electron chi connectivity index (χ3n) is 4.50. The van der Waals surface area contributed by atoms with Crippen molar-refractivity contribution in [2.75, 3.05) is 32.8 Å². The largest absolute Gasteiger partial charge is 0.378 e. The average molecular weight is 254 g/mol. The predicted octanol–water partition coefficient (Wildman–Crippen LogP) is 2.31. The summed E-state index contributed by atoms with van der Waals surface area (Å²) < 4.78 is 5.90. The Kier molecular flexibility index (Phi) is 5.93. The molecule has 2 N–H and O–H groups in total. The van der Waals surface area contributed by atoms with Gasteiger partial charge in [-0.25, -0.2) is 0 Å². The number of hydrogen-bond acceptors (Lipinski definition) is 3. The first kappa shape index (κ1) is 14.3. The molecule has 1 aliphatic heterocycles. The lowest BCUT2D eigenvalue weighted by Crippen LogP contribution is -2.33. The number of hydrogen-bond donors (Lipinski definition) is 2. The molecule has 0 bridgehead atoms. The van der Waals surface area contributed by atoms with Gasteiger partial charge in [-0.05, 0) is 57.2 Å². The maximum absolute atomic E-state index is 5.90. The first-order chi connectivity index (χ1) is 8.79. The fourth-order valence-electron chi connectivity index (χ4n) is 3.20. The molecule has 1 saturated carbocycles. The van der Waals surface area contributed by atoms with Gasteiger partial charge in [0.1, 0.15) is 0 Å². The summed E-state index contributed by atoms with van der Waals surface area (Å²) >= 11 is 0. The SMILES string of the molecule is CC1(CNCCCOC2CCNCC2)CCCC1. The molecular weight excluding hydrogens is 224 g/mol. The molecule has 2 fully saturated rings. The molecular formula is C15H30N2O. The lowest BCUT2D eigenvalue weighted by atomic mass is 9.89. The Balaban J connectivity index is 1.43. The van der Waals surface area contributed by atoms with Crippen molar-refractivity contribution >= 4 is 0 Å². The van der Waals surface area contributed by atoms with Gasteiger partial charge >= 0.3 is 0 Å². The van der Waals surface area contributed by atoms with Crippen molar-refractivity contribution in [1.29, 1.82) is 0 Å². The van der Waals surface area contributed by atoms with Gasteiger partial charge in [0.15, 0.2) is 0 Å². The van der Waals surface area contributed by atoms with Gasteiger partial charge in [0, 0.05) is 13.2 Å².